The number of aromatic nitrogens is 2. The molecule has 2 aromatic carbocycles. The molecule has 1 atom stereocenters. The van der Waals surface area contributed by atoms with Crippen molar-refractivity contribution in [1.82, 2.24) is 9.97 Å². The normalized spacial score (nSPS) is 12.1. The summed E-state index contributed by atoms with van der Waals surface area (Å²) in [6.07, 6.45) is 0. The number of thioether (sulfide) groups is 1. The SMILES string of the molecule is CCOc1ccccc1NC(=O)CSC(C)c1nc2ccccc2[nH]1. The number of fused-ring (bicyclic) bond motifs is 1. The van der Waals surface area contributed by atoms with Crippen LogP contribution in [0.2, 0.25) is 0 Å². The Balaban J connectivity index is 1.58. The number of ether oxygens (including phenoxy) is 1. The molecule has 0 spiro atoms. The Bertz CT molecular complexity index is 830. The van der Waals surface area contributed by atoms with Crippen LogP contribution >= 0.6 is 11.8 Å². The summed E-state index contributed by atoms with van der Waals surface area (Å²) in [4.78, 5) is 20.2. The van der Waals surface area contributed by atoms with Crippen molar-refractivity contribution < 1.29 is 9.53 Å². The third-order valence-corrected chi connectivity index (χ3v) is 4.87. The second kappa shape index (κ2) is 8.07. The first-order chi connectivity index (χ1) is 12.2. The molecule has 0 fully saturated rings. The lowest BCUT2D eigenvalue weighted by Crippen LogP contribution is -2.15. The monoisotopic (exact) mass is 355 g/mol. The van der Waals surface area contributed by atoms with Gasteiger partial charge in [0.25, 0.3) is 0 Å². The minimum Gasteiger partial charge on any atom is -0.492 e. The standard InChI is InChI=1S/C19H21N3O2S/c1-3-24-17-11-7-6-10-16(17)20-18(23)12-25-13(2)19-21-14-8-4-5-9-15(14)22-19/h4-11,13H,3,12H2,1-2H3,(H,20,23)(H,21,22). The number of nitrogens with zero attached hydrogens (tertiary/aromatic N) is 1. The third-order valence-electron chi connectivity index (χ3n) is 3.72. The Hall–Kier alpha value is -2.47. The Morgan fingerprint density at radius 2 is 2.00 bits per heavy atom. The topological polar surface area (TPSA) is 67.0 Å². The number of H-pyrrole nitrogens is 1. The molecule has 2 N–H and O–H groups in total. The van der Waals surface area contributed by atoms with E-state index >= 15 is 0 Å². The summed E-state index contributed by atoms with van der Waals surface area (Å²) in [5, 5.41) is 3.01. The number of carbonyl (C=O) groups is 1. The molecule has 1 aromatic heterocycles. The van der Waals surface area contributed by atoms with E-state index < -0.39 is 0 Å². The van der Waals surface area contributed by atoms with Crippen LogP contribution in [0.15, 0.2) is 48.5 Å². The van der Waals surface area contributed by atoms with Crippen LogP contribution in [0, 0.1) is 0 Å². The van der Waals surface area contributed by atoms with E-state index in [2.05, 4.69) is 15.3 Å². The van der Waals surface area contributed by atoms with Gasteiger partial charge in [0.15, 0.2) is 0 Å². The van der Waals surface area contributed by atoms with Gasteiger partial charge in [-0.05, 0) is 38.1 Å². The van der Waals surface area contributed by atoms with Crippen LogP contribution in [-0.2, 0) is 4.79 Å². The molecule has 25 heavy (non-hydrogen) atoms. The summed E-state index contributed by atoms with van der Waals surface area (Å²) in [7, 11) is 0. The van der Waals surface area contributed by atoms with Crippen molar-refractivity contribution in [3.63, 3.8) is 0 Å². The van der Waals surface area contributed by atoms with Crippen LogP contribution in [-0.4, -0.2) is 28.2 Å². The highest BCUT2D eigenvalue weighted by Crippen LogP contribution is 2.28. The van der Waals surface area contributed by atoms with E-state index in [1.54, 1.807) is 11.8 Å². The Morgan fingerprint density at radius 3 is 2.80 bits per heavy atom. The number of carbonyl (C=O) groups excluding carboxylic acids is 1. The van der Waals surface area contributed by atoms with Crippen LogP contribution in [0.1, 0.15) is 24.9 Å². The van der Waals surface area contributed by atoms with Gasteiger partial charge in [0, 0.05) is 0 Å². The predicted molar refractivity (Wildman–Crippen MR) is 103 cm³/mol. The Morgan fingerprint density at radius 1 is 1.24 bits per heavy atom. The van der Waals surface area contributed by atoms with E-state index in [1.165, 1.54) is 0 Å². The highest BCUT2D eigenvalue weighted by atomic mass is 32.2. The minimum atomic E-state index is -0.0554. The number of amides is 1. The van der Waals surface area contributed by atoms with Gasteiger partial charge in [0.1, 0.15) is 11.6 Å². The van der Waals surface area contributed by atoms with Gasteiger partial charge < -0.3 is 15.0 Å². The zero-order valence-corrected chi connectivity index (χ0v) is 15.1. The maximum atomic E-state index is 12.3. The van der Waals surface area contributed by atoms with E-state index in [4.69, 9.17) is 4.74 Å². The molecule has 0 bridgehead atoms. The van der Waals surface area contributed by atoms with E-state index in [9.17, 15) is 4.79 Å². The lowest BCUT2D eigenvalue weighted by molar-refractivity contribution is -0.113. The van der Waals surface area contributed by atoms with E-state index in [-0.39, 0.29) is 11.2 Å². The van der Waals surface area contributed by atoms with Crippen molar-refractivity contribution in [2.45, 2.75) is 19.1 Å². The van der Waals surface area contributed by atoms with Crippen molar-refractivity contribution in [1.29, 1.82) is 0 Å². The zero-order valence-electron chi connectivity index (χ0n) is 14.3. The molecule has 130 valence electrons. The molecule has 0 saturated carbocycles. The van der Waals surface area contributed by atoms with Gasteiger partial charge in [-0.2, -0.15) is 0 Å². The Kier molecular flexibility index (Phi) is 5.60. The van der Waals surface area contributed by atoms with E-state index in [1.807, 2.05) is 62.4 Å². The van der Waals surface area contributed by atoms with Crippen LogP contribution in [0.25, 0.3) is 11.0 Å². The number of para-hydroxylation sites is 4. The average Bonchev–Trinajstić information content (AvgIpc) is 3.06. The summed E-state index contributed by atoms with van der Waals surface area (Å²) in [6.45, 7) is 4.53. The summed E-state index contributed by atoms with van der Waals surface area (Å²) >= 11 is 1.54. The highest BCUT2D eigenvalue weighted by molar-refractivity contribution is 8.00. The Labute approximate surface area is 151 Å². The van der Waals surface area contributed by atoms with Crippen molar-refractivity contribution >= 4 is 34.4 Å². The van der Waals surface area contributed by atoms with Gasteiger partial charge in [0.2, 0.25) is 5.91 Å². The van der Waals surface area contributed by atoms with Crippen molar-refractivity contribution in [2.75, 3.05) is 17.7 Å². The molecule has 0 aliphatic carbocycles. The molecule has 0 aliphatic heterocycles. The molecular formula is C19H21N3O2S. The fourth-order valence-electron chi connectivity index (χ4n) is 2.48. The first kappa shape index (κ1) is 17.4. The largest absolute Gasteiger partial charge is 0.492 e. The van der Waals surface area contributed by atoms with Gasteiger partial charge in [-0.1, -0.05) is 24.3 Å². The second-order valence-corrected chi connectivity index (χ2v) is 6.90. The summed E-state index contributed by atoms with van der Waals surface area (Å²) in [5.41, 5.74) is 2.66. The molecule has 0 aliphatic rings. The quantitative estimate of drug-likeness (QED) is 0.659. The molecule has 3 rings (SSSR count). The van der Waals surface area contributed by atoms with Crippen LogP contribution in [0.3, 0.4) is 0 Å². The van der Waals surface area contributed by atoms with Gasteiger partial charge in [0.05, 0.1) is 34.3 Å². The molecule has 6 heteroatoms. The second-order valence-electron chi connectivity index (χ2n) is 5.57. The maximum absolute atomic E-state index is 12.3. The number of nitrogens with one attached hydrogen (secondary N) is 2. The fourth-order valence-corrected chi connectivity index (χ4v) is 3.23. The lowest BCUT2D eigenvalue weighted by Gasteiger charge is -2.12. The molecule has 3 aromatic rings. The smallest absolute Gasteiger partial charge is 0.234 e. The number of hydrogen-bond acceptors (Lipinski definition) is 4. The number of anilines is 1. The maximum Gasteiger partial charge on any atom is 0.234 e. The van der Waals surface area contributed by atoms with Crippen molar-refractivity contribution in [3.8, 4) is 5.75 Å². The third kappa shape index (κ3) is 4.33. The lowest BCUT2D eigenvalue weighted by atomic mass is 10.3. The zero-order chi connectivity index (χ0) is 17.6. The molecule has 0 radical (unpaired) electrons. The van der Waals surface area contributed by atoms with Gasteiger partial charge >= 0.3 is 0 Å². The van der Waals surface area contributed by atoms with Gasteiger partial charge in [-0.15, -0.1) is 11.8 Å². The number of aromatic amines is 1. The van der Waals surface area contributed by atoms with Crippen LogP contribution < -0.4 is 10.1 Å². The van der Waals surface area contributed by atoms with Crippen LogP contribution in [0.4, 0.5) is 5.69 Å². The minimum absolute atomic E-state index is 0.0554. The first-order valence-electron chi connectivity index (χ1n) is 8.25. The molecule has 1 heterocycles. The molecule has 5 nitrogen and oxygen atoms in total. The predicted octanol–water partition coefficient (Wildman–Crippen LogP) is 4.39. The fraction of sp³-hybridized carbons (Fsp3) is 0.263. The number of rotatable bonds is 7. The highest BCUT2D eigenvalue weighted by Gasteiger charge is 2.14. The number of hydrogen-bond donors (Lipinski definition) is 2. The number of imidazole rings is 1. The van der Waals surface area contributed by atoms with E-state index in [0.29, 0.717) is 23.8 Å². The molecule has 0 saturated heterocycles. The van der Waals surface area contributed by atoms with Gasteiger partial charge in [-0.25, -0.2) is 4.98 Å². The summed E-state index contributed by atoms with van der Waals surface area (Å²) < 4.78 is 5.53. The molecule has 1 amide bonds. The summed E-state index contributed by atoms with van der Waals surface area (Å²) in [5.74, 6) is 1.86. The summed E-state index contributed by atoms with van der Waals surface area (Å²) in [6, 6.07) is 15.4. The molecular weight excluding hydrogens is 334 g/mol. The van der Waals surface area contributed by atoms with Crippen LogP contribution in [0.5, 0.6) is 5.75 Å². The van der Waals surface area contributed by atoms with Gasteiger partial charge in [-0.3, -0.25) is 4.79 Å². The number of benzene rings is 2. The van der Waals surface area contributed by atoms with Crippen molar-refractivity contribution in [3.05, 3.63) is 54.4 Å². The first-order valence-corrected chi connectivity index (χ1v) is 9.30. The van der Waals surface area contributed by atoms with E-state index in [0.717, 1.165) is 16.9 Å². The van der Waals surface area contributed by atoms with Crippen molar-refractivity contribution in [2.24, 2.45) is 0 Å². The average molecular weight is 355 g/mol. The molecule has 1 unspecified atom stereocenters.